The van der Waals surface area contributed by atoms with E-state index in [-0.39, 0.29) is 0 Å². The van der Waals surface area contributed by atoms with Crippen LogP contribution >= 0.6 is 11.3 Å². The van der Waals surface area contributed by atoms with Gasteiger partial charge in [-0.2, -0.15) is 0 Å². The topological polar surface area (TPSA) is 37.4 Å². The largest absolute Gasteiger partial charge is 0.375 e. The summed E-state index contributed by atoms with van der Waals surface area (Å²) in [4.78, 5) is 8.61. The van der Waals surface area contributed by atoms with E-state index in [0.29, 0.717) is 12.0 Å². The predicted molar refractivity (Wildman–Crippen MR) is 81.2 cm³/mol. The summed E-state index contributed by atoms with van der Waals surface area (Å²) in [6.45, 7) is 13.3. The number of ether oxygens (including phenoxy) is 1. The van der Waals surface area contributed by atoms with E-state index in [4.69, 9.17) is 9.72 Å². The third-order valence-electron chi connectivity index (χ3n) is 3.31. The SMILES string of the molecule is CCNCc1sc(N2CCOC(C)C2)nc1C(C)C. The fraction of sp³-hybridized carbons (Fsp3) is 0.786. The highest BCUT2D eigenvalue weighted by Gasteiger charge is 2.22. The highest BCUT2D eigenvalue weighted by molar-refractivity contribution is 7.15. The zero-order valence-corrected chi connectivity index (χ0v) is 13.2. The average Bonchev–Trinajstić information content (AvgIpc) is 2.80. The van der Waals surface area contributed by atoms with Crippen LogP contribution in [-0.4, -0.2) is 37.3 Å². The van der Waals surface area contributed by atoms with Gasteiger partial charge in [0.15, 0.2) is 5.13 Å². The molecule has 0 aliphatic carbocycles. The van der Waals surface area contributed by atoms with Gasteiger partial charge in [-0.3, -0.25) is 0 Å². The monoisotopic (exact) mass is 283 g/mol. The van der Waals surface area contributed by atoms with E-state index in [1.165, 1.54) is 10.6 Å². The van der Waals surface area contributed by atoms with Crippen molar-refractivity contribution in [3.05, 3.63) is 10.6 Å². The van der Waals surface area contributed by atoms with Crippen molar-refractivity contribution in [2.24, 2.45) is 0 Å². The third-order valence-corrected chi connectivity index (χ3v) is 4.44. The molecule has 0 amide bonds. The summed E-state index contributed by atoms with van der Waals surface area (Å²) in [5.41, 5.74) is 1.25. The van der Waals surface area contributed by atoms with Crippen LogP contribution in [-0.2, 0) is 11.3 Å². The molecule has 5 heteroatoms. The lowest BCUT2D eigenvalue weighted by molar-refractivity contribution is 0.0532. The number of hydrogen-bond acceptors (Lipinski definition) is 5. The molecule has 108 valence electrons. The van der Waals surface area contributed by atoms with Gasteiger partial charge in [0.2, 0.25) is 0 Å². The van der Waals surface area contributed by atoms with Gasteiger partial charge in [0.05, 0.1) is 18.4 Å². The molecule has 1 aliphatic heterocycles. The van der Waals surface area contributed by atoms with E-state index < -0.39 is 0 Å². The summed E-state index contributed by atoms with van der Waals surface area (Å²) in [6, 6.07) is 0. The van der Waals surface area contributed by atoms with Gasteiger partial charge in [0.1, 0.15) is 0 Å². The quantitative estimate of drug-likeness (QED) is 0.901. The lowest BCUT2D eigenvalue weighted by atomic mass is 10.1. The Labute approximate surface area is 120 Å². The molecule has 0 bridgehead atoms. The fourth-order valence-corrected chi connectivity index (χ4v) is 3.51. The van der Waals surface area contributed by atoms with E-state index in [1.54, 1.807) is 0 Å². The molecule has 2 heterocycles. The molecule has 1 atom stereocenters. The first-order valence-electron chi connectivity index (χ1n) is 7.18. The number of nitrogens with zero attached hydrogens (tertiary/aromatic N) is 2. The Balaban J connectivity index is 2.16. The van der Waals surface area contributed by atoms with Crippen LogP contribution in [0.2, 0.25) is 0 Å². The number of thiazole rings is 1. The maximum Gasteiger partial charge on any atom is 0.186 e. The lowest BCUT2D eigenvalue weighted by Crippen LogP contribution is -2.41. The van der Waals surface area contributed by atoms with Crippen molar-refractivity contribution in [3.63, 3.8) is 0 Å². The van der Waals surface area contributed by atoms with Gasteiger partial charge in [-0.05, 0) is 19.4 Å². The number of rotatable bonds is 5. The molecule has 2 rings (SSSR count). The van der Waals surface area contributed by atoms with Gasteiger partial charge in [-0.1, -0.05) is 20.8 Å². The molecule has 1 fully saturated rings. The molecule has 1 N–H and O–H groups in total. The molecule has 1 unspecified atom stereocenters. The van der Waals surface area contributed by atoms with Crippen molar-refractivity contribution in [1.29, 1.82) is 0 Å². The molecular formula is C14H25N3OS. The van der Waals surface area contributed by atoms with Gasteiger partial charge in [-0.15, -0.1) is 11.3 Å². The van der Waals surface area contributed by atoms with Crippen molar-refractivity contribution in [2.75, 3.05) is 31.1 Å². The van der Waals surface area contributed by atoms with E-state index in [2.05, 4.69) is 37.9 Å². The number of morpholine rings is 1. The van der Waals surface area contributed by atoms with E-state index in [0.717, 1.165) is 37.9 Å². The fourth-order valence-electron chi connectivity index (χ4n) is 2.29. The third kappa shape index (κ3) is 3.68. The van der Waals surface area contributed by atoms with Crippen LogP contribution in [0.5, 0.6) is 0 Å². The van der Waals surface area contributed by atoms with Gasteiger partial charge >= 0.3 is 0 Å². The molecule has 0 saturated carbocycles. The molecule has 0 spiro atoms. The Kier molecular flexibility index (Phi) is 5.19. The highest BCUT2D eigenvalue weighted by atomic mass is 32.1. The van der Waals surface area contributed by atoms with Crippen molar-refractivity contribution < 1.29 is 4.74 Å². The second-order valence-electron chi connectivity index (χ2n) is 5.37. The Morgan fingerprint density at radius 3 is 2.95 bits per heavy atom. The molecule has 1 aromatic heterocycles. The summed E-state index contributed by atoms with van der Waals surface area (Å²) in [7, 11) is 0. The van der Waals surface area contributed by atoms with Crippen LogP contribution in [0, 0.1) is 0 Å². The van der Waals surface area contributed by atoms with Crippen LogP contribution in [0.25, 0.3) is 0 Å². The molecule has 0 aromatic carbocycles. The summed E-state index contributed by atoms with van der Waals surface area (Å²) >= 11 is 1.83. The maximum absolute atomic E-state index is 5.60. The van der Waals surface area contributed by atoms with Crippen molar-refractivity contribution in [3.8, 4) is 0 Å². The molecule has 4 nitrogen and oxygen atoms in total. The minimum absolute atomic E-state index is 0.303. The van der Waals surface area contributed by atoms with Crippen LogP contribution in [0.1, 0.15) is 44.2 Å². The number of hydrogen-bond donors (Lipinski definition) is 1. The van der Waals surface area contributed by atoms with E-state index in [9.17, 15) is 0 Å². The minimum atomic E-state index is 0.303. The standard InChI is InChI=1S/C14H25N3OS/c1-5-15-8-12-13(10(2)3)16-14(19-12)17-6-7-18-11(4)9-17/h10-11,15H,5-9H2,1-4H3. The van der Waals surface area contributed by atoms with Gasteiger partial charge in [-0.25, -0.2) is 4.98 Å². The van der Waals surface area contributed by atoms with Gasteiger partial charge < -0.3 is 15.0 Å². The number of anilines is 1. The van der Waals surface area contributed by atoms with Crippen molar-refractivity contribution in [1.82, 2.24) is 10.3 Å². The molecule has 1 saturated heterocycles. The number of nitrogens with one attached hydrogen (secondary N) is 1. The van der Waals surface area contributed by atoms with Crippen LogP contribution in [0.4, 0.5) is 5.13 Å². The predicted octanol–water partition coefficient (Wildman–Crippen LogP) is 2.60. The normalized spacial score (nSPS) is 20.3. The number of aromatic nitrogens is 1. The Bertz CT molecular complexity index is 405. The Morgan fingerprint density at radius 2 is 2.32 bits per heavy atom. The molecular weight excluding hydrogens is 258 g/mol. The Hall–Kier alpha value is -0.650. The average molecular weight is 283 g/mol. The molecule has 1 aromatic rings. The second-order valence-corrected chi connectivity index (χ2v) is 6.43. The minimum Gasteiger partial charge on any atom is -0.375 e. The van der Waals surface area contributed by atoms with Gasteiger partial charge in [0, 0.05) is 24.5 Å². The smallest absolute Gasteiger partial charge is 0.186 e. The molecule has 19 heavy (non-hydrogen) atoms. The lowest BCUT2D eigenvalue weighted by Gasteiger charge is -2.30. The summed E-state index contributed by atoms with van der Waals surface area (Å²) in [5, 5.41) is 4.57. The molecule has 1 aliphatic rings. The Morgan fingerprint density at radius 1 is 1.53 bits per heavy atom. The maximum atomic E-state index is 5.60. The van der Waals surface area contributed by atoms with Gasteiger partial charge in [0.25, 0.3) is 0 Å². The van der Waals surface area contributed by atoms with Crippen LogP contribution in [0.3, 0.4) is 0 Å². The summed E-state index contributed by atoms with van der Waals surface area (Å²) in [6.07, 6.45) is 0.303. The summed E-state index contributed by atoms with van der Waals surface area (Å²) < 4.78 is 5.60. The van der Waals surface area contributed by atoms with Crippen molar-refractivity contribution in [2.45, 2.75) is 46.3 Å². The first-order valence-corrected chi connectivity index (χ1v) is 8.00. The zero-order chi connectivity index (χ0) is 13.8. The molecule has 0 radical (unpaired) electrons. The van der Waals surface area contributed by atoms with E-state index in [1.807, 2.05) is 11.3 Å². The zero-order valence-electron chi connectivity index (χ0n) is 12.4. The highest BCUT2D eigenvalue weighted by Crippen LogP contribution is 2.31. The van der Waals surface area contributed by atoms with Crippen molar-refractivity contribution >= 4 is 16.5 Å². The first-order chi connectivity index (χ1) is 9.11. The van der Waals surface area contributed by atoms with Crippen LogP contribution in [0.15, 0.2) is 0 Å². The second kappa shape index (κ2) is 6.68. The summed E-state index contributed by atoms with van der Waals surface area (Å²) in [5.74, 6) is 0.483. The van der Waals surface area contributed by atoms with E-state index >= 15 is 0 Å². The van der Waals surface area contributed by atoms with Crippen LogP contribution < -0.4 is 10.2 Å². The first kappa shape index (κ1) is 14.8.